The largest absolute Gasteiger partial charge is 0.481 e. The lowest BCUT2D eigenvalue weighted by atomic mass is 9.80. The van der Waals surface area contributed by atoms with Crippen molar-refractivity contribution in [2.75, 3.05) is 7.11 Å². The molecule has 4 nitrogen and oxygen atoms in total. The first-order chi connectivity index (χ1) is 9.94. The van der Waals surface area contributed by atoms with Crippen LogP contribution in [0.25, 0.3) is 0 Å². The molecule has 1 aliphatic rings. The van der Waals surface area contributed by atoms with Gasteiger partial charge in [-0.3, -0.25) is 4.79 Å². The Morgan fingerprint density at radius 3 is 2.27 bits per heavy atom. The zero-order chi connectivity index (χ0) is 17.3. The van der Waals surface area contributed by atoms with Gasteiger partial charge in [-0.2, -0.15) is 0 Å². The number of carbonyl (C=O) groups excluding carboxylic acids is 1. The summed E-state index contributed by atoms with van der Waals surface area (Å²) in [4.78, 5) is 24.5. The molecule has 5 heteroatoms. The average Bonchev–Trinajstić information content (AvgIpc) is 2.36. The van der Waals surface area contributed by atoms with Crippen LogP contribution in [0.15, 0.2) is 22.1 Å². The van der Waals surface area contributed by atoms with Crippen molar-refractivity contribution >= 4 is 23.7 Å². The minimum atomic E-state index is -0.859. The Morgan fingerprint density at radius 2 is 1.86 bits per heavy atom. The maximum absolute atomic E-state index is 11.8. The van der Waals surface area contributed by atoms with Gasteiger partial charge in [0.05, 0.1) is 12.5 Å². The number of thioether (sulfide) groups is 1. The van der Waals surface area contributed by atoms with Crippen LogP contribution in [0.5, 0.6) is 0 Å². The summed E-state index contributed by atoms with van der Waals surface area (Å²) in [7, 11) is 1.39. The first kappa shape index (κ1) is 18.8. The molecule has 22 heavy (non-hydrogen) atoms. The Kier molecular flexibility index (Phi) is 5.55. The summed E-state index contributed by atoms with van der Waals surface area (Å²) in [6, 6.07) is 0. The number of carbonyl (C=O) groups is 2. The summed E-state index contributed by atoms with van der Waals surface area (Å²) in [6.07, 6.45) is 2.71. The van der Waals surface area contributed by atoms with E-state index < -0.39 is 16.1 Å². The summed E-state index contributed by atoms with van der Waals surface area (Å²) in [5, 5.41) is 9.45. The molecule has 0 aromatic heterocycles. The Balaban J connectivity index is 3.09. The summed E-state index contributed by atoms with van der Waals surface area (Å²) >= 11 is 1.58. The molecule has 1 aliphatic carbocycles. The smallest absolute Gasteiger partial charge is 0.334 e. The van der Waals surface area contributed by atoms with Crippen molar-refractivity contribution in [3.63, 3.8) is 0 Å². The molecule has 1 unspecified atom stereocenters. The highest BCUT2D eigenvalue weighted by Crippen LogP contribution is 2.48. The van der Waals surface area contributed by atoms with Crippen LogP contribution in [0.2, 0.25) is 0 Å². The summed E-state index contributed by atoms with van der Waals surface area (Å²) < 4.78 is 4.38. The molecule has 0 bridgehead atoms. The van der Waals surface area contributed by atoms with Crippen molar-refractivity contribution in [1.29, 1.82) is 0 Å². The van der Waals surface area contributed by atoms with E-state index in [1.54, 1.807) is 25.6 Å². The van der Waals surface area contributed by atoms with Crippen molar-refractivity contribution in [1.82, 2.24) is 0 Å². The lowest BCUT2D eigenvalue weighted by molar-refractivity contribution is -0.148. The van der Waals surface area contributed by atoms with E-state index in [-0.39, 0.29) is 11.9 Å². The van der Waals surface area contributed by atoms with Crippen LogP contribution in [-0.2, 0) is 14.3 Å². The molecule has 0 heterocycles. The Bertz CT molecular complexity index is 541. The van der Waals surface area contributed by atoms with E-state index in [0.717, 1.165) is 16.9 Å². The number of carboxylic acid groups (broad SMARTS) is 1. The van der Waals surface area contributed by atoms with Crippen LogP contribution in [0.1, 0.15) is 48.0 Å². The van der Waals surface area contributed by atoms with Gasteiger partial charge < -0.3 is 9.84 Å². The summed E-state index contributed by atoms with van der Waals surface area (Å²) in [5.41, 5.74) is 0.751. The molecular weight excluding hydrogens is 300 g/mol. The number of allylic oxidation sites excluding steroid dienone is 3. The van der Waals surface area contributed by atoms with Gasteiger partial charge in [-0.1, -0.05) is 6.92 Å². The van der Waals surface area contributed by atoms with E-state index in [4.69, 9.17) is 4.74 Å². The van der Waals surface area contributed by atoms with Crippen LogP contribution in [-0.4, -0.2) is 28.9 Å². The minimum Gasteiger partial charge on any atom is -0.481 e. The number of carboxylic acids is 1. The number of methoxy groups -OCH3 is 1. The molecule has 0 saturated heterocycles. The van der Waals surface area contributed by atoms with Crippen LogP contribution in [0.4, 0.5) is 0 Å². The number of hydrogen-bond acceptors (Lipinski definition) is 4. The van der Waals surface area contributed by atoms with E-state index in [9.17, 15) is 14.7 Å². The van der Waals surface area contributed by atoms with Crippen LogP contribution in [0.3, 0.4) is 0 Å². The molecule has 0 fully saturated rings. The normalized spacial score (nSPS) is 19.8. The first-order valence-corrected chi connectivity index (χ1v) is 8.17. The third kappa shape index (κ3) is 3.57. The number of aliphatic carboxylic acids is 1. The predicted octanol–water partition coefficient (Wildman–Crippen LogP) is 4.02. The zero-order valence-corrected chi connectivity index (χ0v) is 15.3. The topological polar surface area (TPSA) is 63.6 Å². The molecule has 0 spiro atoms. The Morgan fingerprint density at radius 1 is 1.32 bits per heavy atom. The van der Waals surface area contributed by atoms with Crippen molar-refractivity contribution in [3.8, 4) is 0 Å². The number of esters is 1. The maximum Gasteiger partial charge on any atom is 0.334 e. The first-order valence-electron chi connectivity index (χ1n) is 7.36. The number of rotatable bonds is 5. The SMILES string of the molecule is COC(=O)C1=C(C)C=C(SC(C)(C)C(C)(C)C(=O)O)CC1C. The van der Waals surface area contributed by atoms with E-state index in [1.807, 2.05) is 33.8 Å². The molecule has 1 rings (SSSR count). The van der Waals surface area contributed by atoms with Crippen LogP contribution >= 0.6 is 11.8 Å². The molecule has 0 radical (unpaired) electrons. The van der Waals surface area contributed by atoms with Gasteiger partial charge >= 0.3 is 11.9 Å². The second-order valence-electron chi connectivity index (χ2n) is 6.85. The van der Waals surface area contributed by atoms with Gasteiger partial charge in [0.2, 0.25) is 0 Å². The van der Waals surface area contributed by atoms with Gasteiger partial charge in [0.15, 0.2) is 0 Å². The molecule has 0 amide bonds. The molecule has 0 aromatic carbocycles. The fraction of sp³-hybridized carbons (Fsp3) is 0.647. The predicted molar refractivity (Wildman–Crippen MR) is 89.7 cm³/mol. The van der Waals surface area contributed by atoms with Crippen LogP contribution in [0, 0.1) is 11.3 Å². The summed E-state index contributed by atoms with van der Waals surface area (Å²) in [5.74, 6) is -1.02. The van der Waals surface area contributed by atoms with Gasteiger partial charge in [-0.15, -0.1) is 11.8 Å². The summed E-state index contributed by atoms with van der Waals surface area (Å²) in [6.45, 7) is 11.3. The second-order valence-corrected chi connectivity index (χ2v) is 8.60. The lowest BCUT2D eigenvalue weighted by Gasteiger charge is -2.39. The Hall–Kier alpha value is -1.23. The van der Waals surface area contributed by atoms with E-state index in [2.05, 4.69) is 0 Å². The number of hydrogen-bond donors (Lipinski definition) is 1. The van der Waals surface area contributed by atoms with E-state index >= 15 is 0 Å². The third-order valence-electron chi connectivity index (χ3n) is 4.63. The molecule has 1 N–H and O–H groups in total. The van der Waals surface area contributed by atoms with Crippen molar-refractivity contribution in [2.45, 2.75) is 52.7 Å². The van der Waals surface area contributed by atoms with Gasteiger partial charge in [0.25, 0.3) is 0 Å². The Labute approximate surface area is 137 Å². The quantitative estimate of drug-likeness (QED) is 0.773. The fourth-order valence-corrected chi connectivity index (χ4v) is 3.99. The molecule has 0 aromatic rings. The fourth-order valence-electron chi connectivity index (χ4n) is 2.43. The van der Waals surface area contributed by atoms with Gasteiger partial charge in [-0.05, 0) is 63.5 Å². The molecule has 124 valence electrons. The van der Waals surface area contributed by atoms with Gasteiger partial charge in [-0.25, -0.2) is 4.79 Å². The van der Waals surface area contributed by atoms with E-state index in [1.165, 1.54) is 7.11 Å². The highest BCUT2D eigenvalue weighted by Gasteiger charge is 2.45. The van der Waals surface area contributed by atoms with Gasteiger partial charge in [0.1, 0.15) is 0 Å². The molecule has 0 saturated carbocycles. The van der Waals surface area contributed by atoms with E-state index in [0.29, 0.717) is 5.57 Å². The third-order valence-corrected chi connectivity index (χ3v) is 6.20. The zero-order valence-electron chi connectivity index (χ0n) is 14.4. The van der Waals surface area contributed by atoms with Crippen molar-refractivity contribution in [2.24, 2.45) is 11.3 Å². The highest BCUT2D eigenvalue weighted by atomic mass is 32.2. The second kappa shape index (κ2) is 6.49. The van der Waals surface area contributed by atoms with Crippen molar-refractivity contribution < 1.29 is 19.4 Å². The monoisotopic (exact) mass is 326 g/mol. The maximum atomic E-state index is 11.8. The average molecular weight is 326 g/mol. The number of ether oxygens (including phenoxy) is 1. The van der Waals surface area contributed by atoms with Crippen molar-refractivity contribution in [3.05, 3.63) is 22.1 Å². The standard InChI is InChI=1S/C17H26O4S/c1-10-8-12(9-11(2)13(10)14(18)21-7)22-17(5,6)16(3,4)15(19)20/h8,11H,9H2,1-7H3,(H,19,20). The van der Waals surface area contributed by atoms with Gasteiger partial charge in [0, 0.05) is 10.3 Å². The lowest BCUT2D eigenvalue weighted by Crippen LogP contribution is -2.42. The minimum absolute atomic E-state index is 0.0729. The molecular formula is C17H26O4S. The highest BCUT2D eigenvalue weighted by molar-refractivity contribution is 8.04. The van der Waals surface area contributed by atoms with Crippen LogP contribution < -0.4 is 0 Å². The molecule has 0 aliphatic heterocycles. The molecule has 1 atom stereocenters.